The average molecular weight is 341 g/mol. The van der Waals surface area contributed by atoms with Gasteiger partial charge < -0.3 is 4.74 Å². The van der Waals surface area contributed by atoms with Crippen LogP contribution in [0.2, 0.25) is 0 Å². The Bertz CT molecular complexity index is 964. The molecule has 0 saturated carbocycles. The van der Waals surface area contributed by atoms with Crippen LogP contribution in [0.1, 0.15) is 12.5 Å². The lowest BCUT2D eigenvalue weighted by Gasteiger charge is -2.13. The molecule has 0 unspecified atom stereocenters. The van der Waals surface area contributed by atoms with Crippen molar-refractivity contribution in [3.63, 3.8) is 0 Å². The number of hydrogen-bond donors (Lipinski definition) is 1. The number of anilines is 1. The number of hydrogen-bond acceptors (Lipinski definition) is 3. The predicted octanol–water partition coefficient (Wildman–Crippen LogP) is 4.35. The molecular weight excluding hydrogens is 322 g/mol. The summed E-state index contributed by atoms with van der Waals surface area (Å²) in [4.78, 5) is 0.238. The molecule has 0 aliphatic rings. The van der Waals surface area contributed by atoms with Crippen molar-refractivity contribution < 1.29 is 13.2 Å². The molecule has 0 radical (unpaired) electrons. The third-order valence-corrected chi connectivity index (χ3v) is 5.18. The van der Waals surface area contributed by atoms with E-state index in [0.717, 1.165) is 10.9 Å². The van der Waals surface area contributed by atoms with Gasteiger partial charge in [0.15, 0.2) is 0 Å². The van der Waals surface area contributed by atoms with Crippen molar-refractivity contribution >= 4 is 26.5 Å². The second kappa shape index (κ2) is 6.53. The van der Waals surface area contributed by atoms with Crippen LogP contribution in [0.5, 0.6) is 5.75 Å². The van der Waals surface area contributed by atoms with E-state index in [1.165, 1.54) is 0 Å². The molecule has 0 bridgehead atoms. The molecule has 0 heterocycles. The molecule has 3 aromatic carbocycles. The Balaban J connectivity index is 2.08. The third kappa shape index (κ3) is 3.21. The molecular formula is C19H19NO3S. The highest BCUT2D eigenvalue weighted by molar-refractivity contribution is 7.93. The van der Waals surface area contributed by atoms with Gasteiger partial charge in [-0.05, 0) is 38.1 Å². The van der Waals surface area contributed by atoms with Crippen LogP contribution in [0, 0.1) is 6.92 Å². The van der Waals surface area contributed by atoms with Crippen molar-refractivity contribution in [2.24, 2.45) is 0 Å². The fourth-order valence-electron chi connectivity index (χ4n) is 2.59. The van der Waals surface area contributed by atoms with Crippen molar-refractivity contribution in [2.45, 2.75) is 18.7 Å². The van der Waals surface area contributed by atoms with Crippen LogP contribution in [0.4, 0.5) is 5.69 Å². The maximum absolute atomic E-state index is 12.8. The van der Waals surface area contributed by atoms with Gasteiger partial charge in [0.25, 0.3) is 10.0 Å². The summed E-state index contributed by atoms with van der Waals surface area (Å²) < 4.78 is 33.9. The number of sulfonamides is 1. The molecule has 124 valence electrons. The minimum absolute atomic E-state index is 0.238. The maximum atomic E-state index is 12.8. The Morgan fingerprint density at radius 1 is 0.917 bits per heavy atom. The predicted molar refractivity (Wildman–Crippen MR) is 97.1 cm³/mol. The molecule has 5 heteroatoms. The monoisotopic (exact) mass is 341 g/mol. The lowest BCUT2D eigenvalue weighted by atomic mass is 10.1. The molecule has 0 spiro atoms. The molecule has 4 nitrogen and oxygen atoms in total. The summed E-state index contributed by atoms with van der Waals surface area (Å²) >= 11 is 0. The fraction of sp³-hybridized carbons (Fsp3) is 0.158. The van der Waals surface area contributed by atoms with Crippen molar-refractivity contribution in [2.75, 3.05) is 11.3 Å². The first kappa shape index (κ1) is 16.3. The van der Waals surface area contributed by atoms with Crippen LogP contribution in [0.15, 0.2) is 65.6 Å². The van der Waals surface area contributed by atoms with Gasteiger partial charge in [-0.3, -0.25) is 4.72 Å². The largest absolute Gasteiger partial charge is 0.493 e. The van der Waals surface area contributed by atoms with Crippen LogP contribution in [0.25, 0.3) is 10.8 Å². The van der Waals surface area contributed by atoms with Crippen LogP contribution in [0.3, 0.4) is 0 Å². The first-order valence-electron chi connectivity index (χ1n) is 7.75. The van der Waals surface area contributed by atoms with E-state index >= 15 is 0 Å². The zero-order valence-corrected chi connectivity index (χ0v) is 14.4. The average Bonchev–Trinajstić information content (AvgIpc) is 2.57. The van der Waals surface area contributed by atoms with Gasteiger partial charge in [-0.25, -0.2) is 8.42 Å². The van der Waals surface area contributed by atoms with Gasteiger partial charge in [0.05, 0.1) is 11.5 Å². The second-order valence-electron chi connectivity index (χ2n) is 5.51. The number of aryl methyl sites for hydroxylation is 1. The maximum Gasteiger partial charge on any atom is 0.262 e. The fourth-order valence-corrected chi connectivity index (χ4v) is 3.86. The van der Waals surface area contributed by atoms with Crippen molar-refractivity contribution in [3.05, 3.63) is 66.2 Å². The minimum atomic E-state index is -3.69. The molecule has 3 rings (SSSR count). The van der Waals surface area contributed by atoms with Crippen molar-refractivity contribution in [1.82, 2.24) is 0 Å². The van der Waals surface area contributed by atoms with Gasteiger partial charge in [-0.2, -0.15) is 0 Å². The smallest absolute Gasteiger partial charge is 0.262 e. The molecule has 0 aliphatic heterocycles. The van der Waals surface area contributed by atoms with Crippen LogP contribution in [-0.4, -0.2) is 15.0 Å². The molecule has 1 N–H and O–H groups in total. The van der Waals surface area contributed by atoms with Crippen LogP contribution in [-0.2, 0) is 10.0 Å². The van der Waals surface area contributed by atoms with E-state index in [0.29, 0.717) is 23.4 Å². The van der Waals surface area contributed by atoms with Gasteiger partial charge in [-0.15, -0.1) is 0 Å². The summed E-state index contributed by atoms with van der Waals surface area (Å²) in [7, 11) is -3.69. The quantitative estimate of drug-likeness (QED) is 0.751. The van der Waals surface area contributed by atoms with E-state index < -0.39 is 10.0 Å². The zero-order valence-electron chi connectivity index (χ0n) is 13.6. The standard InChI is InChI=1S/C19H19NO3S/c1-3-23-18-12-13-19(17-7-5-4-6-16(17)18)24(21,22)20-15-10-8-14(2)9-11-15/h4-13,20H,3H2,1-2H3. The SMILES string of the molecule is CCOc1ccc(S(=O)(=O)Nc2ccc(C)cc2)c2ccccc12. The normalized spacial score (nSPS) is 11.4. The second-order valence-corrected chi connectivity index (χ2v) is 7.16. The lowest BCUT2D eigenvalue weighted by Crippen LogP contribution is -2.13. The lowest BCUT2D eigenvalue weighted by molar-refractivity contribution is 0.344. The topological polar surface area (TPSA) is 55.4 Å². The molecule has 0 amide bonds. The van der Waals surface area contributed by atoms with Gasteiger partial charge in [0.2, 0.25) is 0 Å². The van der Waals surface area contributed by atoms with Crippen molar-refractivity contribution in [1.29, 1.82) is 0 Å². The Morgan fingerprint density at radius 3 is 2.25 bits per heavy atom. The van der Waals surface area contributed by atoms with E-state index in [1.807, 2.05) is 44.2 Å². The summed E-state index contributed by atoms with van der Waals surface area (Å²) in [6.45, 7) is 4.38. The number of rotatable bonds is 5. The van der Waals surface area contributed by atoms with Gasteiger partial charge in [0, 0.05) is 16.5 Å². The van der Waals surface area contributed by atoms with Crippen LogP contribution >= 0.6 is 0 Å². The first-order chi connectivity index (χ1) is 11.5. The molecule has 0 fully saturated rings. The first-order valence-corrected chi connectivity index (χ1v) is 9.23. The Hall–Kier alpha value is -2.53. The highest BCUT2D eigenvalue weighted by Crippen LogP contribution is 2.32. The minimum Gasteiger partial charge on any atom is -0.493 e. The third-order valence-electron chi connectivity index (χ3n) is 3.74. The number of ether oxygens (including phenoxy) is 1. The molecule has 0 aliphatic carbocycles. The Morgan fingerprint density at radius 2 is 1.58 bits per heavy atom. The van der Waals surface area contributed by atoms with Gasteiger partial charge in [-0.1, -0.05) is 42.0 Å². The van der Waals surface area contributed by atoms with E-state index in [1.54, 1.807) is 30.3 Å². The summed E-state index contributed by atoms with van der Waals surface area (Å²) in [6, 6.07) is 17.9. The summed E-state index contributed by atoms with van der Waals surface area (Å²) in [5.41, 5.74) is 1.61. The summed E-state index contributed by atoms with van der Waals surface area (Å²) in [6.07, 6.45) is 0. The van der Waals surface area contributed by atoms with E-state index in [-0.39, 0.29) is 4.90 Å². The Labute approximate surface area is 142 Å². The van der Waals surface area contributed by atoms with Gasteiger partial charge in [0.1, 0.15) is 5.75 Å². The number of benzene rings is 3. The summed E-state index contributed by atoms with van der Waals surface area (Å²) in [5, 5.41) is 1.43. The zero-order chi connectivity index (χ0) is 17.2. The van der Waals surface area contributed by atoms with E-state index in [4.69, 9.17) is 4.74 Å². The van der Waals surface area contributed by atoms with Crippen LogP contribution < -0.4 is 9.46 Å². The number of fused-ring (bicyclic) bond motifs is 1. The highest BCUT2D eigenvalue weighted by atomic mass is 32.2. The highest BCUT2D eigenvalue weighted by Gasteiger charge is 2.19. The molecule has 0 saturated heterocycles. The Kier molecular flexibility index (Phi) is 4.44. The molecule has 0 aromatic heterocycles. The number of nitrogens with one attached hydrogen (secondary N) is 1. The van der Waals surface area contributed by atoms with E-state index in [2.05, 4.69) is 4.72 Å². The molecule has 3 aromatic rings. The van der Waals surface area contributed by atoms with E-state index in [9.17, 15) is 8.42 Å². The molecule has 24 heavy (non-hydrogen) atoms. The van der Waals surface area contributed by atoms with Gasteiger partial charge >= 0.3 is 0 Å². The van der Waals surface area contributed by atoms with Crippen molar-refractivity contribution in [3.8, 4) is 5.75 Å². The molecule has 0 atom stereocenters. The summed E-state index contributed by atoms with van der Waals surface area (Å²) in [5.74, 6) is 0.683.